The number of aromatic nitrogens is 2. The molecule has 0 radical (unpaired) electrons. The lowest BCUT2D eigenvalue weighted by Gasteiger charge is -2.25. The summed E-state index contributed by atoms with van der Waals surface area (Å²) in [6.45, 7) is 5.68. The molecule has 1 aliphatic heterocycles. The number of rotatable bonds is 4. The number of anilines is 1. The van der Waals surface area contributed by atoms with E-state index in [1.54, 1.807) is 0 Å². The first-order chi connectivity index (χ1) is 8.16. The summed E-state index contributed by atoms with van der Waals surface area (Å²) in [5.74, 6) is 1.67. The zero-order chi connectivity index (χ0) is 12.3. The second-order valence-electron chi connectivity index (χ2n) is 5.16. The smallest absolute Gasteiger partial charge is 0.225 e. The first-order valence-corrected chi connectivity index (χ1v) is 7.20. The fourth-order valence-electron chi connectivity index (χ4n) is 2.38. The van der Waals surface area contributed by atoms with Crippen molar-refractivity contribution in [3.63, 3.8) is 0 Å². The zero-order valence-corrected chi connectivity index (χ0v) is 12.2. The van der Waals surface area contributed by atoms with Crippen LogP contribution in [0.15, 0.2) is 16.9 Å². The first kappa shape index (κ1) is 12.8. The minimum absolute atomic E-state index is 0.638. The van der Waals surface area contributed by atoms with Crippen molar-refractivity contribution in [1.82, 2.24) is 9.97 Å². The molecule has 2 rings (SSSR count). The second kappa shape index (κ2) is 5.80. The number of halogens is 1. The van der Waals surface area contributed by atoms with Gasteiger partial charge in [-0.1, -0.05) is 13.8 Å². The van der Waals surface area contributed by atoms with Crippen LogP contribution >= 0.6 is 15.9 Å². The maximum Gasteiger partial charge on any atom is 0.225 e. The molecule has 1 unspecified atom stereocenters. The Balaban J connectivity index is 2.01. The largest absolute Gasteiger partial charge is 0.338 e. The van der Waals surface area contributed by atoms with Gasteiger partial charge in [-0.2, -0.15) is 0 Å². The lowest BCUT2D eigenvalue weighted by molar-refractivity contribution is 0.492. The van der Waals surface area contributed by atoms with E-state index in [1.807, 2.05) is 12.4 Å². The monoisotopic (exact) mass is 297 g/mol. The van der Waals surface area contributed by atoms with E-state index < -0.39 is 0 Å². The van der Waals surface area contributed by atoms with Gasteiger partial charge in [-0.25, -0.2) is 9.97 Å². The lowest BCUT2D eigenvalue weighted by atomic mass is 10.0. The molecule has 1 atom stereocenters. The van der Waals surface area contributed by atoms with E-state index in [0.717, 1.165) is 22.9 Å². The van der Waals surface area contributed by atoms with Gasteiger partial charge < -0.3 is 4.90 Å². The summed E-state index contributed by atoms with van der Waals surface area (Å²) >= 11 is 3.38. The highest BCUT2D eigenvalue weighted by Gasteiger charge is 2.26. The van der Waals surface area contributed by atoms with Crippen LogP contribution in [0.5, 0.6) is 0 Å². The minimum Gasteiger partial charge on any atom is -0.338 e. The molecule has 1 fully saturated rings. The fourth-order valence-corrected chi connectivity index (χ4v) is 2.58. The van der Waals surface area contributed by atoms with Crippen molar-refractivity contribution in [2.75, 3.05) is 11.4 Å². The molecule has 1 aliphatic rings. The maximum absolute atomic E-state index is 4.41. The third-order valence-electron chi connectivity index (χ3n) is 3.32. The molecule has 0 amide bonds. The fraction of sp³-hybridized carbons (Fsp3) is 0.692. The van der Waals surface area contributed by atoms with Crippen LogP contribution in [0.2, 0.25) is 0 Å². The Bertz CT molecular complexity index is 350. The third-order valence-corrected chi connectivity index (χ3v) is 3.73. The Kier molecular flexibility index (Phi) is 4.37. The van der Waals surface area contributed by atoms with Gasteiger partial charge >= 0.3 is 0 Å². The quantitative estimate of drug-likeness (QED) is 0.849. The predicted molar refractivity (Wildman–Crippen MR) is 74.2 cm³/mol. The number of nitrogens with zero attached hydrogens (tertiary/aromatic N) is 3. The van der Waals surface area contributed by atoms with Gasteiger partial charge in [0.2, 0.25) is 5.95 Å². The van der Waals surface area contributed by atoms with Crippen LogP contribution in [-0.4, -0.2) is 22.6 Å². The van der Waals surface area contributed by atoms with Gasteiger partial charge in [-0.3, -0.25) is 0 Å². The van der Waals surface area contributed by atoms with Crippen LogP contribution in [0.25, 0.3) is 0 Å². The Hall–Kier alpha value is -0.640. The van der Waals surface area contributed by atoms with Crippen LogP contribution in [0.3, 0.4) is 0 Å². The molecule has 0 saturated carbocycles. The van der Waals surface area contributed by atoms with E-state index in [4.69, 9.17) is 0 Å². The number of hydrogen-bond donors (Lipinski definition) is 0. The molecule has 0 aliphatic carbocycles. The van der Waals surface area contributed by atoms with Crippen LogP contribution in [0.4, 0.5) is 5.95 Å². The van der Waals surface area contributed by atoms with Crippen molar-refractivity contribution in [2.24, 2.45) is 5.92 Å². The topological polar surface area (TPSA) is 29.0 Å². The predicted octanol–water partition coefficient (Wildman–Crippen LogP) is 3.64. The zero-order valence-electron chi connectivity index (χ0n) is 10.6. The van der Waals surface area contributed by atoms with Gasteiger partial charge in [-0.15, -0.1) is 0 Å². The molecule has 1 aromatic heterocycles. The van der Waals surface area contributed by atoms with Crippen LogP contribution in [0, 0.1) is 5.92 Å². The highest BCUT2D eigenvalue weighted by Crippen LogP contribution is 2.26. The SMILES string of the molecule is CC(C)CCC1CCCN1c1ncc(Br)cn1. The van der Waals surface area contributed by atoms with Gasteiger partial charge in [-0.05, 0) is 47.5 Å². The summed E-state index contributed by atoms with van der Waals surface area (Å²) in [6.07, 6.45) is 8.77. The summed E-state index contributed by atoms with van der Waals surface area (Å²) in [5.41, 5.74) is 0. The maximum atomic E-state index is 4.41. The molecule has 1 saturated heterocycles. The van der Waals surface area contributed by atoms with Crippen molar-refractivity contribution < 1.29 is 0 Å². The molecule has 0 aromatic carbocycles. The van der Waals surface area contributed by atoms with Crippen LogP contribution in [0.1, 0.15) is 39.5 Å². The second-order valence-corrected chi connectivity index (χ2v) is 6.08. The highest BCUT2D eigenvalue weighted by molar-refractivity contribution is 9.10. The molecule has 2 heterocycles. The molecule has 17 heavy (non-hydrogen) atoms. The first-order valence-electron chi connectivity index (χ1n) is 6.41. The molecular formula is C13H20BrN3. The van der Waals surface area contributed by atoms with Gasteiger partial charge in [0.25, 0.3) is 0 Å². The molecule has 4 heteroatoms. The summed E-state index contributed by atoms with van der Waals surface area (Å²) in [4.78, 5) is 11.2. The molecule has 0 spiro atoms. The molecular weight excluding hydrogens is 278 g/mol. The summed E-state index contributed by atoms with van der Waals surface area (Å²) < 4.78 is 0.944. The van der Waals surface area contributed by atoms with Gasteiger partial charge in [0, 0.05) is 25.0 Å². The molecule has 3 nitrogen and oxygen atoms in total. The Morgan fingerprint density at radius 3 is 2.76 bits per heavy atom. The van der Waals surface area contributed by atoms with E-state index in [9.17, 15) is 0 Å². The van der Waals surface area contributed by atoms with Gasteiger partial charge in [0.05, 0.1) is 4.47 Å². The Morgan fingerprint density at radius 1 is 1.41 bits per heavy atom. The van der Waals surface area contributed by atoms with E-state index >= 15 is 0 Å². The Morgan fingerprint density at radius 2 is 2.12 bits per heavy atom. The van der Waals surface area contributed by atoms with E-state index in [1.165, 1.54) is 25.7 Å². The average Bonchev–Trinajstić information content (AvgIpc) is 2.75. The van der Waals surface area contributed by atoms with Gasteiger partial charge in [0.1, 0.15) is 0 Å². The summed E-state index contributed by atoms with van der Waals surface area (Å²) in [5, 5.41) is 0. The standard InChI is InChI=1S/C13H20BrN3/c1-10(2)5-6-12-4-3-7-17(12)13-15-8-11(14)9-16-13/h8-10,12H,3-7H2,1-2H3. The lowest BCUT2D eigenvalue weighted by Crippen LogP contribution is -2.30. The molecule has 0 bridgehead atoms. The molecule has 0 N–H and O–H groups in total. The van der Waals surface area contributed by atoms with Crippen molar-refractivity contribution in [2.45, 2.75) is 45.6 Å². The van der Waals surface area contributed by atoms with Crippen molar-refractivity contribution in [3.05, 3.63) is 16.9 Å². The van der Waals surface area contributed by atoms with Crippen molar-refractivity contribution >= 4 is 21.9 Å². The summed E-state index contributed by atoms with van der Waals surface area (Å²) in [6, 6.07) is 0.638. The molecule has 94 valence electrons. The highest BCUT2D eigenvalue weighted by atomic mass is 79.9. The summed E-state index contributed by atoms with van der Waals surface area (Å²) in [7, 11) is 0. The van der Waals surface area contributed by atoms with Crippen molar-refractivity contribution in [1.29, 1.82) is 0 Å². The van der Waals surface area contributed by atoms with E-state index in [2.05, 4.69) is 44.6 Å². The molecule has 1 aromatic rings. The van der Waals surface area contributed by atoms with Crippen LogP contribution in [-0.2, 0) is 0 Å². The Labute approximate surface area is 112 Å². The van der Waals surface area contributed by atoms with Gasteiger partial charge in [0.15, 0.2) is 0 Å². The van der Waals surface area contributed by atoms with E-state index in [-0.39, 0.29) is 0 Å². The normalized spacial score (nSPS) is 20.2. The third kappa shape index (κ3) is 3.41. The minimum atomic E-state index is 0.638. The van der Waals surface area contributed by atoms with Crippen molar-refractivity contribution in [3.8, 4) is 0 Å². The van der Waals surface area contributed by atoms with Crippen LogP contribution < -0.4 is 4.90 Å². The van der Waals surface area contributed by atoms with E-state index in [0.29, 0.717) is 6.04 Å². The average molecular weight is 298 g/mol. The number of hydrogen-bond acceptors (Lipinski definition) is 3.